The van der Waals surface area contributed by atoms with Crippen LogP contribution in [0.2, 0.25) is 0 Å². The molecule has 0 amide bonds. The topological polar surface area (TPSA) is 136 Å². The lowest BCUT2D eigenvalue weighted by molar-refractivity contribution is -0.385. The number of non-ortho nitro benzene ring substituents is 1. The summed E-state index contributed by atoms with van der Waals surface area (Å²) in [7, 11) is -3.19. The first-order chi connectivity index (χ1) is 9.72. The number of benzene rings is 1. The number of ether oxygens (including phenoxy) is 1. The van der Waals surface area contributed by atoms with Crippen LogP contribution in [0.4, 0.5) is 5.69 Å². The molecule has 0 heterocycles. The smallest absolute Gasteiger partial charge is 0.326 e. The fourth-order valence-corrected chi connectivity index (χ4v) is 2.98. The zero-order valence-corrected chi connectivity index (χ0v) is 12.1. The number of nitrogens with zero attached hydrogens (tertiary/aromatic N) is 1. The van der Waals surface area contributed by atoms with Gasteiger partial charge in [0.1, 0.15) is 6.04 Å². The molecule has 116 valence electrons. The lowest BCUT2D eigenvalue weighted by Gasteiger charge is -2.15. The van der Waals surface area contributed by atoms with Crippen LogP contribution in [0.25, 0.3) is 0 Å². The number of esters is 1. The Hall–Kier alpha value is -2.04. The number of aliphatic hydroxyl groups is 1. The molecule has 0 fully saturated rings. The zero-order valence-electron chi connectivity index (χ0n) is 11.3. The van der Waals surface area contributed by atoms with Crippen LogP contribution in [0.5, 0.6) is 0 Å². The number of hydrogen-bond acceptors (Lipinski definition) is 7. The van der Waals surface area contributed by atoms with Crippen molar-refractivity contribution < 1.29 is 28.0 Å². The number of nitrogens with one attached hydrogen (secondary N) is 1. The highest BCUT2D eigenvalue weighted by atomic mass is 32.2. The minimum atomic E-state index is -4.23. The molecule has 1 aromatic carbocycles. The number of aryl methyl sites for hydroxylation is 1. The molecule has 0 saturated carbocycles. The molecule has 21 heavy (non-hydrogen) atoms. The molecule has 1 unspecified atom stereocenters. The molecule has 0 radical (unpaired) electrons. The van der Waals surface area contributed by atoms with Crippen molar-refractivity contribution in [3.05, 3.63) is 33.9 Å². The molecule has 1 rings (SSSR count). The Bertz CT molecular complexity index is 657. The van der Waals surface area contributed by atoms with E-state index in [0.29, 0.717) is 0 Å². The van der Waals surface area contributed by atoms with Crippen molar-refractivity contribution in [2.24, 2.45) is 0 Å². The van der Waals surface area contributed by atoms with Gasteiger partial charge in [0.2, 0.25) is 10.0 Å². The van der Waals surface area contributed by atoms with Crippen molar-refractivity contribution in [3.8, 4) is 0 Å². The summed E-state index contributed by atoms with van der Waals surface area (Å²) in [6.45, 7) is 0.643. The highest BCUT2D eigenvalue weighted by molar-refractivity contribution is 7.89. The van der Waals surface area contributed by atoms with Crippen LogP contribution >= 0.6 is 0 Å². The Morgan fingerprint density at radius 2 is 2.14 bits per heavy atom. The van der Waals surface area contributed by atoms with Crippen LogP contribution in [0.15, 0.2) is 23.1 Å². The zero-order chi connectivity index (χ0) is 16.2. The van der Waals surface area contributed by atoms with Crippen LogP contribution < -0.4 is 4.72 Å². The number of hydrogen-bond donors (Lipinski definition) is 2. The van der Waals surface area contributed by atoms with Gasteiger partial charge in [-0.1, -0.05) is 6.07 Å². The molecular weight excluding hydrogens is 304 g/mol. The Morgan fingerprint density at radius 3 is 2.62 bits per heavy atom. The molecule has 0 bridgehead atoms. The molecule has 1 atom stereocenters. The molecule has 10 heteroatoms. The summed E-state index contributed by atoms with van der Waals surface area (Å²) in [5, 5.41) is 19.7. The quantitative estimate of drug-likeness (QED) is 0.418. The number of rotatable bonds is 6. The van der Waals surface area contributed by atoms with Crippen molar-refractivity contribution in [2.45, 2.75) is 17.9 Å². The maximum atomic E-state index is 12.2. The van der Waals surface area contributed by atoms with Crippen molar-refractivity contribution >= 4 is 21.7 Å². The van der Waals surface area contributed by atoms with Gasteiger partial charge in [0.15, 0.2) is 0 Å². The van der Waals surface area contributed by atoms with Gasteiger partial charge in [-0.2, -0.15) is 4.72 Å². The molecule has 2 N–H and O–H groups in total. The van der Waals surface area contributed by atoms with Gasteiger partial charge < -0.3 is 9.84 Å². The lowest BCUT2D eigenvalue weighted by atomic mass is 10.2. The van der Waals surface area contributed by atoms with Gasteiger partial charge in [-0.25, -0.2) is 8.42 Å². The minimum Gasteiger partial charge on any atom is -0.468 e. The SMILES string of the molecule is COC(=O)C(CO)NS(=O)(=O)c1cc([N+](=O)[O-])ccc1C. The van der Waals surface area contributed by atoms with E-state index < -0.39 is 39.3 Å². The van der Waals surface area contributed by atoms with E-state index in [1.54, 1.807) is 0 Å². The Labute approximate surface area is 120 Å². The number of nitro groups is 1. The summed E-state index contributed by atoms with van der Waals surface area (Å²) >= 11 is 0. The van der Waals surface area contributed by atoms with Crippen molar-refractivity contribution in [1.29, 1.82) is 0 Å². The molecule has 9 nitrogen and oxygen atoms in total. The van der Waals surface area contributed by atoms with Crippen LogP contribution in [0.1, 0.15) is 5.56 Å². The lowest BCUT2D eigenvalue weighted by Crippen LogP contribution is -2.44. The van der Waals surface area contributed by atoms with Gasteiger partial charge >= 0.3 is 5.97 Å². The maximum absolute atomic E-state index is 12.2. The van der Waals surface area contributed by atoms with Gasteiger partial charge in [-0.3, -0.25) is 14.9 Å². The summed E-state index contributed by atoms with van der Waals surface area (Å²) in [4.78, 5) is 20.9. The second-order valence-electron chi connectivity index (χ2n) is 4.09. The highest BCUT2D eigenvalue weighted by Crippen LogP contribution is 2.21. The summed E-state index contributed by atoms with van der Waals surface area (Å²) in [6, 6.07) is 1.83. The predicted octanol–water partition coefficient (Wildman–Crippen LogP) is -0.285. The Balaban J connectivity index is 3.21. The number of carbonyl (C=O) groups is 1. The van der Waals surface area contributed by atoms with Crippen LogP contribution in [-0.4, -0.2) is 44.2 Å². The van der Waals surface area contributed by atoms with E-state index >= 15 is 0 Å². The molecule has 0 aliphatic carbocycles. The van der Waals surface area contributed by atoms with Gasteiger partial charge in [-0.15, -0.1) is 0 Å². The van der Waals surface area contributed by atoms with Crippen molar-refractivity contribution in [2.75, 3.05) is 13.7 Å². The van der Waals surface area contributed by atoms with Crippen LogP contribution in [-0.2, 0) is 19.6 Å². The normalized spacial score (nSPS) is 12.7. The molecule has 0 aromatic heterocycles. The summed E-state index contributed by atoms with van der Waals surface area (Å²) < 4.78 is 30.6. The van der Waals surface area contributed by atoms with E-state index in [4.69, 9.17) is 5.11 Å². The third kappa shape index (κ3) is 3.97. The maximum Gasteiger partial charge on any atom is 0.326 e. The summed E-state index contributed by atoms with van der Waals surface area (Å²) in [5.74, 6) is -0.968. The van der Waals surface area contributed by atoms with E-state index in [1.807, 2.05) is 4.72 Å². The minimum absolute atomic E-state index is 0.259. The fraction of sp³-hybridized carbons (Fsp3) is 0.364. The van der Waals surface area contributed by atoms with Crippen molar-refractivity contribution in [3.63, 3.8) is 0 Å². The average molecular weight is 318 g/mol. The third-order valence-corrected chi connectivity index (χ3v) is 4.25. The van der Waals surface area contributed by atoms with Crippen LogP contribution in [0.3, 0.4) is 0 Å². The van der Waals surface area contributed by atoms with Gasteiger partial charge in [0.25, 0.3) is 5.69 Å². The Kier molecular flexibility index (Phi) is 5.35. The summed E-state index contributed by atoms with van der Waals surface area (Å²) in [6.07, 6.45) is 0. The predicted molar refractivity (Wildman–Crippen MR) is 71.0 cm³/mol. The third-order valence-electron chi connectivity index (χ3n) is 2.64. The number of nitro benzene ring substituents is 1. The van der Waals surface area contributed by atoms with E-state index in [2.05, 4.69) is 4.74 Å². The number of methoxy groups -OCH3 is 1. The average Bonchev–Trinajstić information content (AvgIpc) is 2.43. The standard InChI is InChI=1S/C11H14N2O7S/c1-7-3-4-8(13(16)17)5-10(7)21(18,19)12-9(6-14)11(15)20-2/h3-5,9,12,14H,6H2,1-2H3. The molecule has 0 aliphatic rings. The van der Waals surface area contributed by atoms with E-state index in [-0.39, 0.29) is 10.5 Å². The largest absolute Gasteiger partial charge is 0.468 e. The molecular formula is C11H14N2O7S. The van der Waals surface area contributed by atoms with E-state index in [0.717, 1.165) is 19.2 Å². The molecule has 0 saturated heterocycles. The van der Waals surface area contributed by atoms with Crippen molar-refractivity contribution in [1.82, 2.24) is 4.72 Å². The van der Waals surface area contributed by atoms with Gasteiger partial charge in [-0.05, 0) is 12.5 Å². The monoisotopic (exact) mass is 318 g/mol. The van der Waals surface area contributed by atoms with Gasteiger partial charge in [0, 0.05) is 12.1 Å². The molecule has 0 spiro atoms. The first-order valence-electron chi connectivity index (χ1n) is 5.69. The first kappa shape index (κ1) is 17.0. The number of carbonyl (C=O) groups excluding carboxylic acids is 1. The fourth-order valence-electron chi connectivity index (χ4n) is 1.54. The van der Waals surface area contributed by atoms with Gasteiger partial charge in [0.05, 0.1) is 23.5 Å². The number of sulfonamides is 1. The van der Waals surface area contributed by atoms with Crippen LogP contribution in [0, 0.1) is 17.0 Å². The van der Waals surface area contributed by atoms with E-state index in [9.17, 15) is 23.3 Å². The summed E-state index contributed by atoms with van der Waals surface area (Å²) in [5.41, 5.74) is -0.144. The van der Waals surface area contributed by atoms with E-state index in [1.165, 1.54) is 13.0 Å². The second kappa shape index (κ2) is 6.61. The highest BCUT2D eigenvalue weighted by Gasteiger charge is 2.28. The molecule has 1 aromatic rings. The second-order valence-corrected chi connectivity index (χ2v) is 5.77. The first-order valence-corrected chi connectivity index (χ1v) is 7.17. The number of aliphatic hydroxyl groups excluding tert-OH is 1. The molecule has 0 aliphatic heterocycles. The Morgan fingerprint density at radius 1 is 1.52 bits per heavy atom.